The van der Waals surface area contributed by atoms with E-state index in [2.05, 4.69) is 11.1 Å². The van der Waals surface area contributed by atoms with E-state index in [0.717, 1.165) is 22.0 Å². The summed E-state index contributed by atoms with van der Waals surface area (Å²) in [5, 5.41) is 10.7. The Morgan fingerprint density at radius 3 is 2.58 bits per heavy atom. The van der Waals surface area contributed by atoms with Gasteiger partial charge in [-0.2, -0.15) is 5.26 Å². The summed E-state index contributed by atoms with van der Waals surface area (Å²) in [5.74, 6) is 0.276. The second-order valence-electron chi connectivity index (χ2n) is 7.44. The minimum absolute atomic E-state index is 0.154. The number of carbonyl (C=O) groups is 1. The zero-order valence-electron chi connectivity index (χ0n) is 16.7. The number of hydrogen-bond donors (Lipinski definition) is 0. The first kappa shape index (κ1) is 18.8. The third-order valence-electron chi connectivity index (χ3n) is 5.51. The number of fused-ring (bicyclic) bond motifs is 1. The second-order valence-corrected chi connectivity index (χ2v) is 7.44. The molecule has 1 amide bonds. The third-order valence-corrected chi connectivity index (χ3v) is 5.51. The number of hydrogen-bond acceptors (Lipinski definition) is 4. The molecule has 0 saturated carbocycles. The predicted octanol–water partition coefficient (Wildman–Crippen LogP) is 4.96. The van der Waals surface area contributed by atoms with Crippen molar-refractivity contribution in [1.29, 1.82) is 5.26 Å². The van der Waals surface area contributed by atoms with Gasteiger partial charge in [0.25, 0.3) is 5.91 Å². The van der Waals surface area contributed by atoms with Crippen molar-refractivity contribution in [2.24, 2.45) is 0 Å². The van der Waals surface area contributed by atoms with Gasteiger partial charge in [0.15, 0.2) is 6.10 Å². The van der Waals surface area contributed by atoms with Crippen LogP contribution in [0.25, 0.3) is 22.0 Å². The lowest BCUT2D eigenvalue weighted by atomic mass is 10.0. The van der Waals surface area contributed by atoms with E-state index in [0.29, 0.717) is 30.1 Å². The largest absolute Gasteiger partial charge is 0.464 e. The Balaban J connectivity index is 1.38. The number of pyridine rings is 1. The lowest BCUT2D eigenvalue weighted by Crippen LogP contribution is -2.32. The highest BCUT2D eigenvalue weighted by Crippen LogP contribution is 2.31. The molecule has 0 N–H and O–H groups in total. The van der Waals surface area contributed by atoms with E-state index in [4.69, 9.17) is 4.74 Å². The molecule has 0 bridgehead atoms. The van der Waals surface area contributed by atoms with Crippen LogP contribution in [0.4, 0.5) is 5.69 Å². The molecule has 31 heavy (non-hydrogen) atoms. The number of anilines is 1. The molecule has 1 aliphatic heterocycles. The third kappa shape index (κ3) is 3.60. The number of benzene rings is 3. The van der Waals surface area contributed by atoms with Gasteiger partial charge < -0.3 is 9.64 Å². The number of carbonyl (C=O) groups excluding carboxylic acids is 1. The monoisotopic (exact) mass is 405 g/mol. The highest BCUT2D eigenvalue weighted by Gasteiger charge is 2.35. The Hall–Kier alpha value is -4.17. The van der Waals surface area contributed by atoms with Crippen LogP contribution in [0.1, 0.15) is 12.0 Å². The summed E-state index contributed by atoms with van der Waals surface area (Å²) >= 11 is 0. The molecule has 5 rings (SSSR count). The molecule has 1 aliphatic rings. The molecular formula is C26H19N3O2. The molecule has 1 atom stereocenters. The maximum atomic E-state index is 13.1. The molecular weight excluding hydrogens is 386 g/mol. The first-order chi connectivity index (χ1) is 15.2. The summed E-state index contributed by atoms with van der Waals surface area (Å²) in [7, 11) is 0. The molecule has 0 spiro atoms. The van der Waals surface area contributed by atoms with Crippen molar-refractivity contribution in [1.82, 2.24) is 4.98 Å². The molecule has 150 valence electrons. The number of nitriles is 1. The van der Waals surface area contributed by atoms with Crippen molar-refractivity contribution in [2.75, 3.05) is 11.4 Å². The Kier molecular flexibility index (Phi) is 4.81. The van der Waals surface area contributed by atoms with E-state index < -0.39 is 6.10 Å². The first-order valence-corrected chi connectivity index (χ1v) is 10.2. The van der Waals surface area contributed by atoms with Gasteiger partial charge in [0, 0.05) is 24.4 Å². The van der Waals surface area contributed by atoms with Crippen LogP contribution in [0.2, 0.25) is 0 Å². The van der Waals surface area contributed by atoms with E-state index in [9.17, 15) is 10.1 Å². The van der Waals surface area contributed by atoms with Crippen LogP contribution in [-0.2, 0) is 4.79 Å². The van der Waals surface area contributed by atoms with Gasteiger partial charge in [-0.25, -0.2) is 4.98 Å². The number of nitrogens with zero attached hydrogens (tertiary/aromatic N) is 3. The van der Waals surface area contributed by atoms with Crippen molar-refractivity contribution < 1.29 is 9.53 Å². The van der Waals surface area contributed by atoms with Crippen LogP contribution < -0.4 is 9.64 Å². The number of aromatic nitrogens is 1. The molecule has 1 aromatic heterocycles. The average Bonchev–Trinajstić information content (AvgIpc) is 3.18. The molecule has 5 heteroatoms. The summed E-state index contributed by atoms with van der Waals surface area (Å²) in [5.41, 5.74) is 3.89. The minimum Gasteiger partial charge on any atom is -0.464 e. The quantitative estimate of drug-likeness (QED) is 0.481. The fourth-order valence-corrected chi connectivity index (χ4v) is 3.93. The van der Waals surface area contributed by atoms with E-state index in [1.54, 1.807) is 11.0 Å². The van der Waals surface area contributed by atoms with Gasteiger partial charge in [0.2, 0.25) is 5.88 Å². The molecule has 1 unspecified atom stereocenters. The normalized spacial score (nSPS) is 15.8. The van der Waals surface area contributed by atoms with Gasteiger partial charge in [-0.15, -0.1) is 0 Å². The SMILES string of the molecule is N#Cc1cc(-c2ccccc2)ccc1N1CCC(Oc2ccc3ccccc3n2)C1=O. The zero-order chi connectivity index (χ0) is 21.2. The highest BCUT2D eigenvalue weighted by molar-refractivity contribution is 6.00. The molecule has 0 radical (unpaired) electrons. The Morgan fingerprint density at radius 2 is 1.74 bits per heavy atom. The van der Waals surface area contributed by atoms with Crippen molar-refractivity contribution in [3.8, 4) is 23.1 Å². The lowest BCUT2D eigenvalue weighted by Gasteiger charge is -2.19. The van der Waals surface area contributed by atoms with Gasteiger partial charge in [-0.1, -0.05) is 54.6 Å². The van der Waals surface area contributed by atoms with Crippen molar-refractivity contribution in [2.45, 2.75) is 12.5 Å². The van der Waals surface area contributed by atoms with E-state index in [1.807, 2.05) is 78.9 Å². The molecule has 3 aromatic carbocycles. The van der Waals surface area contributed by atoms with E-state index >= 15 is 0 Å². The maximum absolute atomic E-state index is 13.1. The predicted molar refractivity (Wildman–Crippen MR) is 120 cm³/mol. The summed E-state index contributed by atoms with van der Waals surface area (Å²) in [4.78, 5) is 19.2. The van der Waals surface area contributed by atoms with E-state index in [1.165, 1.54) is 0 Å². The molecule has 4 aromatic rings. The number of amides is 1. The Bertz CT molecular complexity index is 1310. The van der Waals surface area contributed by atoms with Gasteiger partial charge in [-0.3, -0.25) is 4.79 Å². The number of para-hydroxylation sites is 1. The maximum Gasteiger partial charge on any atom is 0.268 e. The molecule has 1 saturated heterocycles. The van der Waals surface area contributed by atoms with Crippen LogP contribution >= 0.6 is 0 Å². The number of rotatable bonds is 4. The van der Waals surface area contributed by atoms with Crippen molar-refractivity contribution in [3.63, 3.8) is 0 Å². The highest BCUT2D eigenvalue weighted by atomic mass is 16.5. The van der Waals surface area contributed by atoms with Crippen LogP contribution in [-0.4, -0.2) is 23.5 Å². The molecule has 2 heterocycles. The van der Waals surface area contributed by atoms with Crippen LogP contribution in [0.3, 0.4) is 0 Å². The lowest BCUT2D eigenvalue weighted by molar-refractivity contribution is -0.123. The molecule has 0 aliphatic carbocycles. The molecule has 5 nitrogen and oxygen atoms in total. The Labute approximate surface area is 180 Å². The standard InChI is InChI=1S/C26H19N3O2/c27-17-21-16-20(18-6-2-1-3-7-18)10-12-23(21)29-15-14-24(26(29)30)31-25-13-11-19-8-4-5-9-22(19)28-25/h1-13,16,24H,14-15H2. The van der Waals surface area contributed by atoms with Gasteiger partial charge >= 0.3 is 0 Å². The van der Waals surface area contributed by atoms with Crippen LogP contribution in [0.15, 0.2) is 84.9 Å². The fraction of sp³-hybridized carbons (Fsp3) is 0.115. The average molecular weight is 405 g/mol. The summed E-state index contributed by atoms with van der Waals surface area (Å²) < 4.78 is 5.93. The topological polar surface area (TPSA) is 66.2 Å². The fourth-order valence-electron chi connectivity index (χ4n) is 3.93. The smallest absolute Gasteiger partial charge is 0.268 e. The van der Waals surface area contributed by atoms with Crippen LogP contribution in [0, 0.1) is 11.3 Å². The summed E-state index contributed by atoms with van der Waals surface area (Å²) in [6.45, 7) is 0.496. The number of ether oxygens (including phenoxy) is 1. The van der Waals surface area contributed by atoms with Gasteiger partial charge in [0.05, 0.1) is 16.8 Å². The zero-order valence-corrected chi connectivity index (χ0v) is 16.7. The van der Waals surface area contributed by atoms with E-state index in [-0.39, 0.29) is 5.91 Å². The Morgan fingerprint density at radius 1 is 0.935 bits per heavy atom. The molecule has 1 fully saturated rings. The van der Waals surface area contributed by atoms with Gasteiger partial charge in [-0.05, 0) is 35.4 Å². The minimum atomic E-state index is -0.617. The summed E-state index contributed by atoms with van der Waals surface area (Å²) in [6.07, 6.45) is -0.0763. The van der Waals surface area contributed by atoms with Crippen molar-refractivity contribution in [3.05, 3.63) is 90.5 Å². The second kappa shape index (κ2) is 7.92. The van der Waals surface area contributed by atoms with Crippen molar-refractivity contribution >= 4 is 22.5 Å². The first-order valence-electron chi connectivity index (χ1n) is 10.2. The van der Waals surface area contributed by atoms with Crippen LogP contribution in [0.5, 0.6) is 5.88 Å². The van der Waals surface area contributed by atoms with Gasteiger partial charge in [0.1, 0.15) is 6.07 Å². The summed E-state index contributed by atoms with van der Waals surface area (Å²) in [6, 6.07) is 29.2.